The molecule has 0 fully saturated rings. The van der Waals surface area contributed by atoms with Gasteiger partial charge >= 0.3 is 0 Å². The highest BCUT2D eigenvalue weighted by Gasteiger charge is 2.12. The predicted octanol–water partition coefficient (Wildman–Crippen LogP) is 2.13. The van der Waals surface area contributed by atoms with Crippen molar-refractivity contribution in [3.05, 3.63) is 23.2 Å². The maximum absolute atomic E-state index is 8.99. The average Bonchev–Trinajstić information content (AvgIpc) is 2.82. The minimum atomic E-state index is 0.235. The molecule has 0 atom stereocenters. The first-order chi connectivity index (χ1) is 8.74. The molecule has 0 aliphatic carbocycles. The van der Waals surface area contributed by atoms with Crippen LogP contribution in [0, 0.1) is 11.3 Å². The molecule has 0 aliphatic rings. The fraction of sp³-hybridized carbons (Fsp3) is 0.182. The third-order valence-electron chi connectivity index (χ3n) is 2.08. The lowest BCUT2D eigenvalue weighted by Gasteiger charge is -2.09. The summed E-state index contributed by atoms with van der Waals surface area (Å²) in [5.74, 6) is 0.740. The van der Waals surface area contributed by atoms with Crippen molar-refractivity contribution in [1.82, 2.24) is 9.97 Å². The number of thiazole rings is 1. The summed E-state index contributed by atoms with van der Waals surface area (Å²) in [4.78, 5) is 8.28. The number of nitrogens with two attached hydrogens (primary N) is 1. The van der Waals surface area contributed by atoms with Crippen LogP contribution in [0.3, 0.4) is 0 Å². The van der Waals surface area contributed by atoms with Gasteiger partial charge in [-0.2, -0.15) is 10.2 Å². The zero-order valence-electron chi connectivity index (χ0n) is 9.67. The van der Waals surface area contributed by atoms with E-state index in [1.54, 1.807) is 12.3 Å². The van der Waals surface area contributed by atoms with Gasteiger partial charge in [0.05, 0.1) is 12.3 Å². The van der Waals surface area contributed by atoms with Crippen LogP contribution in [0.25, 0.3) is 0 Å². The van der Waals surface area contributed by atoms with Gasteiger partial charge in [0.1, 0.15) is 17.5 Å². The Morgan fingerprint density at radius 1 is 1.61 bits per heavy atom. The molecule has 6 nitrogen and oxygen atoms in total. The third kappa shape index (κ3) is 2.49. The molecule has 2 aromatic rings. The molecule has 0 radical (unpaired) electrons. The molecular weight excluding hydrogens is 250 g/mol. The number of ether oxygens (including phenoxy) is 1. The van der Waals surface area contributed by atoms with Gasteiger partial charge in [-0.1, -0.05) is 0 Å². The Labute approximate surface area is 108 Å². The van der Waals surface area contributed by atoms with Crippen molar-refractivity contribution in [3.8, 4) is 11.9 Å². The summed E-state index contributed by atoms with van der Waals surface area (Å²) < 4.78 is 5.30. The van der Waals surface area contributed by atoms with Crippen molar-refractivity contribution < 1.29 is 4.74 Å². The lowest BCUT2D eigenvalue weighted by atomic mass is 10.2. The number of hydrogen-bond donors (Lipinski definition) is 2. The largest absolute Gasteiger partial charge is 0.477 e. The van der Waals surface area contributed by atoms with Gasteiger partial charge < -0.3 is 15.8 Å². The van der Waals surface area contributed by atoms with E-state index in [1.807, 2.05) is 18.4 Å². The summed E-state index contributed by atoms with van der Waals surface area (Å²) in [6, 6.07) is 3.57. The summed E-state index contributed by atoms with van der Waals surface area (Å²) >= 11 is 1.44. The smallest absolute Gasteiger partial charge is 0.235 e. The molecule has 2 heterocycles. The second kappa shape index (κ2) is 5.33. The van der Waals surface area contributed by atoms with E-state index in [0.717, 1.165) is 0 Å². The Morgan fingerprint density at radius 3 is 3.06 bits per heavy atom. The summed E-state index contributed by atoms with van der Waals surface area (Å²) in [7, 11) is 0. The highest BCUT2D eigenvalue weighted by molar-refractivity contribution is 7.13. The van der Waals surface area contributed by atoms with E-state index in [0.29, 0.717) is 23.2 Å². The SMILES string of the molecule is CCOc1nc(Nc2nccs2)cc(N)c1C#N. The quantitative estimate of drug-likeness (QED) is 0.875. The maximum atomic E-state index is 8.99. The summed E-state index contributed by atoms with van der Waals surface area (Å²) in [5, 5.41) is 14.5. The lowest BCUT2D eigenvalue weighted by molar-refractivity contribution is 0.326. The minimum absolute atomic E-state index is 0.235. The fourth-order valence-electron chi connectivity index (χ4n) is 1.35. The zero-order valence-corrected chi connectivity index (χ0v) is 10.5. The fourth-order valence-corrected chi connectivity index (χ4v) is 1.89. The normalized spacial score (nSPS) is 9.78. The molecule has 0 saturated heterocycles. The molecule has 7 heteroatoms. The topological polar surface area (TPSA) is 96.8 Å². The minimum Gasteiger partial charge on any atom is -0.477 e. The molecule has 2 aromatic heterocycles. The monoisotopic (exact) mass is 261 g/mol. The van der Waals surface area contributed by atoms with Gasteiger partial charge in [-0.25, -0.2) is 4.98 Å². The van der Waals surface area contributed by atoms with Crippen LogP contribution in [0.2, 0.25) is 0 Å². The molecule has 0 aromatic carbocycles. The molecule has 0 spiro atoms. The van der Waals surface area contributed by atoms with E-state index < -0.39 is 0 Å². The molecule has 0 amide bonds. The maximum Gasteiger partial charge on any atom is 0.235 e. The van der Waals surface area contributed by atoms with E-state index in [1.165, 1.54) is 11.3 Å². The van der Waals surface area contributed by atoms with E-state index in [2.05, 4.69) is 15.3 Å². The van der Waals surface area contributed by atoms with Crippen molar-refractivity contribution in [2.45, 2.75) is 6.92 Å². The number of nitriles is 1. The zero-order chi connectivity index (χ0) is 13.0. The van der Waals surface area contributed by atoms with Gasteiger partial charge in [0.25, 0.3) is 0 Å². The number of nitrogen functional groups attached to an aromatic ring is 1. The van der Waals surface area contributed by atoms with Crippen molar-refractivity contribution in [1.29, 1.82) is 5.26 Å². The number of nitrogens with one attached hydrogen (secondary N) is 1. The van der Waals surface area contributed by atoms with E-state index in [-0.39, 0.29) is 11.4 Å². The Balaban J connectivity index is 2.35. The molecule has 18 heavy (non-hydrogen) atoms. The number of hydrogen-bond acceptors (Lipinski definition) is 7. The second-order valence-electron chi connectivity index (χ2n) is 3.28. The van der Waals surface area contributed by atoms with E-state index in [4.69, 9.17) is 15.7 Å². The lowest BCUT2D eigenvalue weighted by Crippen LogP contribution is -2.04. The van der Waals surface area contributed by atoms with Crippen molar-refractivity contribution in [2.24, 2.45) is 0 Å². The van der Waals surface area contributed by atoms with Crippen LogP contribution < -0.4 is 15.8 Å². The van der Waals surface area contributed by atoms with Crippen LogP contribution in [0.4, 0.5) is 16.6 Å². The van der Waals surface area contributed by atoms with Gasteiger partial charge in [0.15, 0.2) is 5.13 Å². The van der Waals surface area contributed by atoms with Crippen LogP contribution >= 0.6 is 11.3 Å². The van der Waals surface area contributed by atoms with E-state index >= 15 is 0 Å². The second-order valence-corrected chi connectivity index (χ2v) is 4.18. The van der Waals surface area contributed by atoms with Crippen molar-refractivity contribution in [3.63, 3.8) is 0 Å². The molecule has 92 valence electrons. The number of nitrogens with zero attached hydrogens (tertiary/aromatic N) is 3. The molecule has 0 bridgehead atoms. The summed E-state index contributed by atoms with van der Waals surface area (Å²) in [5.41, 5.74) is 6.37. The highest BCUT2D eigenvalue weighted by atomic mass is 32.1. The van der Waals surface area contributed by atoms with Crippen LogP contribution in [0.1, 0.15) is 12.5 Å². The summed E-state index contributed by atoms with van der Waals surface area (Å²) in [6.07, 6.45) is 1.68. The van der Waals surface area contributed by atoms with Crippen molar-refractivity contribution in [2.75, 3.05) is 17.7 Å². The average molecular weight is 261 g/mol. The van der Waals surface area contributed by atoms with E-state index in [9.17, 15) is 0 Å². The molecule has 3 N–H and O–H groups in total. The molecule has 2 rings (SSSR count). The van der Waals surface area contributed by atoms with Gasteiger partial charge in [-0.15, -0.1) is 11.3 Å². The highest BCUT2D eigenvalue weighted by Crippen LogP contribution is 2.27. The first kappa shape index (κ1) is 12.1. The first-order valence-electron chi connectivity index (χ1n) is 5.24. The summed E-state index contributed by atoms with van der Waals surface area (Å²) in [6.45, 7) is 2.24. The van der Waals surface area contributed by atoms with Gasteiger partial charge in [-0.05, 0) is 6.92 Å². The van der Waals surface area contributed by atoms with Gasteiger partial charge in [-0.3, -0.25) is 0 Å². The Bertz CT molecular complexity index is 576. The first-order valence-corrected chi connectivity index (χ1v) is 6.12. The number of aromatic nitrogens is 2. The Kier molecular flexibility index (Phi) is 3.60. The Morgan fingerprint density at radius 2 is 2.44 bits per heavy atom. The molecule has 0 unspecified atom stereocenters. The van der Waals surface area contributed by atoms with Crippen LogP contribution in [0.5, 0.6) is 5.88 Å². The van der Waals surface area contributed by atoms with Crippen LogP contribution in [-0.4, -0.2) is 16.6 Å². The number of rotatable bonds is 4. The third-order valence-corrected chi connectivity index (χ3v) is 2.77. The predicted molar refractivity (Wildman–Crippen MR) is 69.9 cm³/mol. The number of pyridine rings is 1. The standard InChI is InChI=1S/C11H11N5OS/c1-2-17-10-7(6-12)8(13)5-9(15-10)16-11-14-3-4-18-11/h3-5H,2H2,1H3,(H3,13,14,15,16). The van der Waals surface area contributed by atoms with Crippen LogP contribution in [-0.2, 0) is 0 Å². The molecule has 0 aliphatic heterocycles. The van der Waals surface area contributed by atoms with Gasteiger partial charge in [0, 0.05) is 17.6 Å². The molecular formula is C11H11N5OS. The van der Waals surface area contributed by atoms with Crippen LogP contribution in [0.15, 0.2) is 17.6 Å². The number of anilines is 3. The Hall–Kier alpha value is -2.33. The van der Waals surface area contributed by atoms with Gasteiger partial charge in [0.2, 0.25) is 5.88 Å². The molecule has 0 saturated carbocycles. The van der Waals surface area contributed by atoms with Crippen molar-refractivity contribution >= 4 is 28.0 Å².